The Bertz CT molecular complexity index is 240. The first-order chi connectivity index (χ1) is 9.56. The van der Waals surface area contributed by atoms with Gasteiger partial charge in [-0.05, 0) is 37.0 Å². The smallest absolute Gasteiger partial charge is 0.0100 e. The highest BCUT2D eigenvalue weighted by atomic mass is 79.9. The molecule has 0 saturated heterocycles. The van der Waals surface area contributed by atoms with Crippen molar-refractivity contribution >= 4 is 15.9 Å². The molecule has 1 aliphatic carbocycles. The maximum absolute atomic E-state index is 3.86. The molecule has 0 radical (unpaired) electrons. The average Bonchev–Trinajstić information content (AvgIpc) is 2.65. The summed E-state index contributed by atoms with van der Waals surface area (Å²) >= 11 is 3.86. The van der Waals surface area contributed by atoms with Gasteiger partial charge in [0.05, 0.1) is 0 Å². The second-order valence-corrected chi connectivity index (χ2v) is 7.90. The third kappa shape index (κ3) is 5.67. The average molecular weight is 346 g/mol. The van der Waals surface area contributed by atoms with Gasteiger partial charge in [-0.15, -0.1) is 0 Å². The largest absolute Gasteiger partial charge is 0.300 e. The van der Waals surface area contributed by atoms with Gasteiger partial charge >= 0.3 is 0 Å². The van der Waals surface area contributed by atoms with E-state index in [-0.39, 0.29) is 0 Å². The Balaban J connectivity index is 2.77. The van der Waals surface area contributed by atoms with Crippen LogP contribution in [-0.2, 0) is 0 Å². The minimum Gasteiger partial charge on any atom is -0.300 e. The van der Waals surface area contributed by atoms with Crippen molar-refractivity contribution in [2.24, 2.45) is 11.3 Å². The maximum atomic E-state index is 3.86. The summed E-state index contributed by atoms with van der Waals surface area (Å²) in [5, 5.41) is 1.19. The Morgan fingerprint density at radius 2 is 1.55 bits per heavy atom. The first kappa shape index (κ1) is 18.5. The summed E-state index contributed by atoms with van der Waals surface area (Å²) in [6.07, 6.45) is 11.2. The minimum atomic E-state index is 0.536. The Labute approximate surface area is 136 Å². The number of halogens is 1. The van der Waals surface area contributed by atoms with E-state index in [4.69, 9.17) is 0 Å². The summed E-state index contributed by atoms with van der Waals surface area (Å²) in [7, 11) is 0. The number of hydrogen-bond donors (Lipinski definition) is 0. The lowest BCUT2D eigenvalue weighted by Gasteiger charge is -2.41. The summed E-state index contributed by atoms with van der Waals surface area (Å²) in [5.41, 5.74) is 0.536. The molecular weight excluding hydrogens is 310 g/mol. The van der Waals surface area contributed by atoms with Crippen molar-refractivity contribution in [2.75, 3.05) is 18.4 Å². The van der Waals surface area contributed by atoms with Crippen LogP contribution in [0.15, 0.2) is 0 Å². The molecule has 0 heterocycles. The van der Waals surface area contributed by atoms with Gasteiger partial charge in [-0.3, -0.25) is 4.90 Å². The molecule has 0 unspecified atom stereocenters. The molecule has 0 aromatic heterocycles. The van der Waals surface area contributed by atoms with Crippen LogP contribution in [0.5, 0.6) is 0 Å². The third-order valence-electron chi connectivity index (χ3n) is 5.04. The second-order valence-electron chi connectivity index (χ2n) is 7.34. The fourth-order valence-corrected chi connectivity index (χ4v) is 4.60. The molecule has 2 heteroatoms. The van der Waals surface area contributed by atoms with Crippen molar-refractivity contribution in [3.05, 3.63) is 0 Å². The Hall–Kier alpha value is 0.440. The summed E-state index contributed by atoms with van der Waals surface area (Å²) in [5.74, 6) is 0.772. The zero-order valence-electron chi connectivity index (χ0n) is 14.3. The zero-order chi connectivity index (χ0) is 15.0. The first-order valence-corrected chi connectivity index (χ1v) is 9.99. The SMILES string of the molecule is CCC(CC)N(CC(C)C)CC1(CBr)CCCCCC1. The van der Waals surface area contributed by atoms with Crippen molar-refractivity contribution in [3.8, 4) is 0 Å². The van der Waals surface area contributed by atoms with Crippen LogP contribution in [0.4, 0.5) is 0 Å². The van der Waals surface area contributed by atoms with Gasteiger partial charge in [0.2, 0.25) is 0 Å². The Kier molecular flexibility index (Phi) is 8.74. The van der Waals surface area contributed by atoms with Gasteiger partial charge in [0.25, 0.3) is 0 Å². The van der Waals surface area contributed by atoms with E-state index in [1.807, 2.05) is 0 Å². The molecule has 0 amide bonds. The van der Waals surface area contributed by atoms with Crippen LogP contribution < -0.4 is 0 Å². The van der Waals surface area contributed by atoms with Crippen molar-refractivity contribution in [2.45, 2.75) is 85.1 Å². The predicted octanol–water partition coefficient (Wildman–Crippen LogP) is 5.87. The van der Waals surface area contributed by atoms with Gasteiger partial charge in [0.15, 0.2) is 0 Å². The van der Waals surface area contributed by atoms with E-state index in [0.29, 0.717) is 5.41 Å². The lowest BCUT2D eigenvalue weighted by molar-refractivity contribution is 0.0931. The van der Waals surface area contributed by atoms with Crippen molar-refractivity contribution in [1.29, 1.82) is 0 Å². The quantitative estimate of drug-likeness (QED) is 0.392. The molecule has 1 aliphatic rings. The molecule has 0 atom stereocenters. The summed E-state index contributed by atoms with van der Waals surface area (Å²) in [6, 6.07) is 0.775. The number of nitrogens with zero attached hydrogens (tertiary/aromatic N) is 1. The summed E-state index contributed by atoms with van der Waals surface area (Å²) in [4.78, 5) is 2.82. The molecule has 1 fully saturated rings. The Morgan fingerprint density at radius 3 is 1.95 bits per heavy atom. The summed E-state index contributed by atoms with van der Waals surface area (Å²) < 4.78 is 0. The molecule has 0 aliphatic heterocycles. The van der Waals surface area contributed by atoms with E-state index in [1.54, 1.807) is 0 Å². The topological polar surface area (TPSA) is 3.24 Å². The lowest BCUT2D eigenvalue weighted by atomic mass is 9.81. The van der Waals surface area contributed by atoms with Gasteiger partial charge in [-0.2, -0.15) is 0 Å². The standard InChI is InChI=1S/C18H36BrN/c1-5-17(6-2)20(13-16(3)4)15-18(14-19)11-9-7-8-10-12-18/h16-17H,5-15H2,1-4H3. The van der Waals surface area contributed by atoms with Gasteiger partial charge in [-0.25, -0.2) is 0 Å². The van der Waals surface area contributed by atoms with E-state index < -0.39 is 0 Å². The molecule has 0 bridgehead atoms. The number of alkyl halides is 1. The number of rotatable bonds is 8. The molecule has 20 heavy (non-hydrogen) atoms. The highest BCUT2D eigenvalue weighted by molar-refractivity contribution is 9.09. The van der Waals surface area contributed by atoms with Crippen molar-refractivity contribution < 1.29 is 0 Å². The van der Waals surface area contributed by atoms with Crippen molar-refractivity contribution in [1.82, 2.24) is 4.90 Å². The fourth-order valence-electron chi connectivity index (χ4n) is 3.86. The van der Waals surface area contributed by atoms with Crippen LogP contribution in [0.1, 0.15) is 79.1 Å². The number of hydrogen-bond acceptors (Lipinski definition) is 1. The molecular formula is C18H36BrN. The van der Waals surface area contributed by atoms with Gasteiger partial charge < -0.3 is 0 Å². The highest BCUT2D eigenvalue weighted by Gasteiger charge is 2.33. The van der Waals surface area contributed by atoms with E-state index in [1.165, 1.54) is 69.8 Å². The monoisotopic (exact) mass is 345 g/mol. The first-order valence-electron chi connectivity index (χ1n) is 8.87. The van der Waals surface area contributed by atoms with E-state index >= 15 is 0 Å². The van der Waals surface area contributed by atoms with E-state index in [0.717, 1.165) is 12.0 Å². The molecule has 1 rings (SSSR count). The fraction of sp³-hybridized carbons (Fsp3) is 1.00. The van der Waals surface area contributed by atoms with Gasteiger partial charge in [-0.1, -0.05) is 69.3 Å². The van der Waals surface area contributed by atoms with Crippen LogP contribution in [0.3, 0.4) is 0 Å². The molecule has 0 aromatic rings. The van der Waals surface area contributed by atoms with E-state index in [9.17, 15) is 0 Å². The second kappa shape index (κ2) is 9.46. The molecule has 0 aromatic carbocycles. The van der Waals surface area contributed by atoms with Crippen LogP contribution in [0.2, 0.25) is 0 Å². The maximum Gasteiger partial charge on any atom is 0.0100 e. The molecule has 1 saturated carbocycles. The normalized spacial score (nSPS) is 19.8. The van der Waals surface area contributed by atoms with E-state index in [2.05, 4.69) is 48.5 Å². The van der Waals surface area contributed by atoms with Crippen LogP contribution in [0.25, 0.3) is 0 Å². The molecule has 0 N–H and O–H groups in total. The minimum absolute atomic E-state index is 0.536. The zero-order valence-corrected chi connectivity index (χ0v) is 15.8. The van der Waals surface area contributed by atoms with Crippen LogP contribution in [-0.4, -0.2) is 29.4 Å². The third-order valence-corrected chi connectivity index (χ3v) is 6.23. The molecule has 1 nitrogen and oxygen atoms in total. The Morgan fingerprint density at radius 1 is 1.00 bits per heavy atom. The van der Waals surface area contributed by atoms with Crippen molar-refractivity contribution in [3.63, 3.8) is 0 Å². The lowest BCUT2D eigenvalue weighted by Crippen LogP contribution is -2.45. The molecule has 0 spiro atoms. The van der Waals surface area contributed by atoms with Gasteiger partial charge in [0, 0.05) is 24.5 Å². The highest BCUT2D eigenvalue weighted by Crippen LogP contribution is 2.38. The summed E-state index contributed by atoms with van der Waals surface area (Å²) in [6.45, 7) is 12.0. The van der Waals surface area contributed by atoms with Gasteiger partial charge in [0.1, 0.15) is 0 Å². The van der Waals surface area contributed by atoms with Crippen LogP contribution >= 0.6 is 15.9 Å². The van der Waals surface area contributed by atoms with Crippen LogP contribution in [0, 0.1) is 11.3 Å². The predicted molar refractivity (Wildman–Crippen MR) is 94.7 cm³/mol. The molecule has 120 valence electrons.